The van der Waals surface area contributed by atoms with Crippen molar-refractivity contribution in [3.8, 4) is 23.0 Å². The van der Waals surface area contributed by atoms with Crippen LogP contribution in [0.4, 0.5) is 21.9 Å². The minimum absolute atomic E-state index is 0.00715. The van der Waals surface area contributed by atoms with Gasteiger partial charge in [-0.2, -0.15) is 0 Å². The van der Waals surface area contributed by atoms with Gasteiger partial charge >= 0.3 is 6.09 Å². The third-order valence-electron chi connectivity index (χ3n) is 16.0. The first-order valence-electron chi connectivity index (χ1n) is 33.4. The minimum Gasteiger partial charge on any atom is -0.493 e. The van der Waals surface area contributed by atoms with Crippen molar-refractivity contribution in [2.24, 2.45) is 16.3 Å². The number of hydrogen-bond donors (Lipinski definition) is 5. The number of methoxy groups -OCH3 is 2. The molecule has 550 valence electrons. The molecule has 0 saturated heterocycles. The number of nitrogens with zero attached hydrogens (tertiary/aromatic N) is 4. The van der Waals surface area contributed by atoms with Gasteiger partial charge in [0.05, 0.1) is 172 Å². The Kier molecular flexibility index (Phi) is 32.6. The molecule has 0 radical (unpaired) electrons. The lowest BCUT2D eigenvalue weighted by molar-refractivity contribution is -0.132. The van der Waals surface area contributed by atoms with Gasteiger partial charge in [-0.25, -0.2) is 9.69 Å². The molecule has 5 N–H and O–H groups in total. The summed E-state index contributed by atoms with van der Waals surface area (Å²) in [6.45, 7) is 19.2. The first kappa shape index (κ1) is 79.8. The molecule has 3 aromatic carbocycles. The average molecular weight is 1510 g/mol. The molecular weight excluding hydrogens is 1420 g/mol. The molecule has 0 aliphatic carbocycles. The van der Waals surface area contributed by atoms with E-state index in [-0.39, 0.29) is 92.4 Å². The first-order chi connectivity index (χ1) is 48.1. The van der Waals surface area contributed by atoms with Crippen LogP contribution >= 0.6 is 22.6 Å². The highest BCUT2D eigenvalue weighted by Gasteiger charge is 2.45. The number of nitrogens with one attached hydrogen (secondary N) is 4. The summed E-state index contributed by atoms with van der Waals surface area (Å²) in [6.07, 6.45) is 3.72. The van der Waals surface area contributed by atoms with Crippen LogP contribution in [0.5, 0.6) is 23.0 Å². The lowest BCUT2D eigenvalue weighted by Gasteiger charge is -2.32. The van der Waals surface area contributed by atoms with Crippen molar-refractivity contribution in [3.63, 3.8) is 0 Å². The second-order valence-corrected chi connectivity index (χ2v) is 25.9. The number of aliphatic hydroxyl groups is 1. The predicted octanol–water partition coefficient (Wildman–Crippen LogP) is 6.27. The summed E-state index contributed by atoms with van der Waals surface area (Å²) in [5.74, 6) is -1.38. The molecule has 0 aromatic heterocycles. The van der Waals surface area contributed by atoms with Gasteiger partial charge in [0.15, 0.2) is 29.2 Å². The van der Waals surface area contributed by atoms with Crippen molar-refractivity contribution in [1.82, 2.24) is 25.8 Å². The second-order valence-electron chi connectivity index (χ2n) is 25.2. The lowest BCUT2D eigenvalue weighted by Crippen LogP contribution is -2.53. The Morgan fingerprint density at radius 2 is 1.14 bits per heavy atom. The van der Waals surface area contributed by atoms with Crippen molar-refractivity contribution < 1.29 is 100 Å². The SMILES string of the molecule is COc1cc2c(cc1OCC(C)(C)COc1cc3c(cc1OC)C(=O)N1C=C(C)C[C@H]1[C@H](O)N3C(=O)OCc1ccc(NC(=O)[C@H](C)NC(=O)[C@@H](NC(=O)CCOCCOCCOCCOCCOCCOCCOCCOCCNC(=O)CI)C(C)C)cc1)N=C[C@@H]1CC(C)=CN1C2=O. The molecule has 0 fully saturated rings. The molecule has 0 bridgehead atoms. The highest BCUT2D eigenvalue weighted by molar-refractivity contribution is 14.1. The number of rotatable bonds is 44. The highest BCUT2D eigenvalue weighted by atomic mass is 127. The molecule has 7 amide bonds. The van der Waals surface area contributed by atoms with Crippen LogP contribution in [-0.2, 0) is 68.4 Å². The number of benzene rings is 3. The topological polar surface area (TPSA) is 330 Å². The smallest absolute Gasteiger partial charge is 0.416 e. The number of halogens is 1. The van der Waals surface area contributed by atoms with Crippen molar-refractivity contribution in [2.45, 2.75) is 105 Å². The summed E-state index contributed by atoms with van der Waals surface area (Å²) in [5.41, 5.74) is 3.03. The van der Waals surface area contributed by atoms with Gasteiger partial charge in [0.25, 0.3) is 11.8 Å². The molecule has 3 aromatic rings. The maximum absolute atomic E-state index is 14.4. The van der Waals surface area contributed by atoms with E-state index in [1.54, 1.807) is 67.6 Å². The quantitative estimate of drug-likeness (QED) is 0.0236. The van der Waals surface area contributed by atoms with Gasteiger partial charge in [0, 0.05) is 54.8 Å². The fraction of sp³-hybridized carbons (Fsp3) is 0.571. The van der Waals surface area contributed by atoms with Crippen LogP contribution in [0.15, 0.2) is 77.1 Å². The summed E-state index contributed by atoms with van der Waals surface area (Å²) in [7, 11) is 2.92. The number of carbonyl (C=O) groups excluding carboxylic acids is 7. The predicted molar refractivity (Wildman–Crippen MR) is 377 cm³/mol. The van der Waals surface area contributed by atoms with E-state index in [9.17, 15) is 38.7 Å². The second kappa shape index (κ2) is 40.8. The number of anilines is 2. The largest absolute Gasteiger partial charge is 0.493 e. The fourth-order valence-corrected chi connectivity index (χ4v) is 10.9. The number of alkyl halides is 1. The van der Waals surface area contributed by atoms with Gasteiger partial charge < -0.3 is 97.8 Å². The van der Waals surface area contributed by atoms with E-state index in [4.69, 9.17) is 61.6 Å². The van der Waals surface area contributed by atoms with Crippen molar-refractivity contribution in [3.05, 3.63) is 88.8 Å². The Morgan fingerprint density at radius 1 is 0.630 bits per heavy atom. The van der Waals surface area contributed by atoms with Crippen LogP contribution < -0.4 is 45.1 Å². The van der Waals surface area contributed by atoms with Gasteiger partial charge in [-0.3, -0.25) is 33.8 Å². The van der Waals surface area contributed by atoms with Crippen molar-refractivity contribution >= 4 is 87.4 Å². The molecule has 30 heteroatoms. The minimum atomic E-state index is -1.56. The molecule has 0 spiro atoms. The normalized spacial score (nSPS) is 16.8. The summed E-state index contributed by atoms with van der Waals surface area (Å²) in [6, 6.07) is 9.75. The van der Waals surface area contributed by atoms with Gasteiger partial charge in [-0.15, -0.1) is 0 Å². The average Bonchev–Trinajstić information content (AvgIpc) is 1.59. The zero-order valence-corrected chi connectivity index (χ0v) is 60.7. The summed E-state index contributed by atoms with van der Waals surface area (Å²) in [4.78, 5) is 102. The molecule has 4 heterocycles. The molecular formula is C70H97IN8O21. The first-order valence-corrected chi connectivity index (χ1v) is 35.0. The number of amides is 7. The van der Waals surface area contributed by atoms with Gasteiger partial charge in [-0.05, 0) is 69.4 Å². The third kappa shape index (κ3) is 24.3. The number of aliphatic imine (C=N–C) groups is 1. The van der Waals surface area contributed by atoms with Gasteiger partial charge in [0.2, 0.25) is 23.6 Å². The van der Waals surface area contributed by atoms with E-state index >= 15 is 0 Å². The highest BCUT2D eigenvalue weighted by Crippen LogP contribution is 2.43. The summed E-state index contributed by atoms with van der Waals surface area (Å²) in [5, 5.41) is 23.0. The Balaban J connectivity index is 0.783. The zero-order valence-electron chi connectivity index (χ0n) is 58.6. The van der Waals surface area contributed by atoms with Crippen molar-refractivity contribution in [1.29, 1.82) is 0 Å². The van der Waals surface area contributed by atoms with E-state index in [1.807, 2.05) is 56.5 Å². The van der Waals surface area contributed by atoms with Crippen LogP contribution in [0.3, 0.4) is 0 Å². The van der Waals surface area contributed by atoms with E-state index in [0.717, 1.165) is 16.0 Å². The van der Waals surface area contributed by atoms with Crippen LogP contribution in [0.1, 0.15) is 94.0 Å². The summed E-state index contributed by atoms with van der Waals surface area (Å²) >= 11 is 2.00. The maximum Gasteiger partial charge on any atom is 0.416 e. The number of hydrogen-bond acceptors (Lipinski definition) is 22. The van der Waals surface area contributed by atoms with Gasteiger partial charge in [-0.1, -0.05) is 73.6 Å². The molecule has 100 heavy (non-hydrogen) atoms. The Hall–Kier alpha value is -7.53. The number of fused-ring (bicyclic) bond motifs is 4. The molecule has 5 atom stereocenters. The molecule has 29 nitrogen and oxygen atoms in total. The summed E-state index contributed by atoms with van der Waals surface area (Å²) < 4.78 is 74.4. The number of ether oxygens (including phenoxy) is 13. The van der Waals surface area contributed by atoms with Crippen LogP contribution in [0.25, 0.3) is 0 Å². The molecule has 4 aliphatic heterocycles. The van der Waals surface area contributed by atoms with E-state index < -0.39 is 59.5 Å². The molecule has 0 saturated carbocycles. The number of carbonyl (C=O) groups is 7. The van der Waals surface area contributed by atoms with Gasteiger partial charge in [0.1, 0.15) is 18.7 Å². The maximum atomic E-state index is 14.4. The molecule has 4 aliphatic rings. The van der Waals surface area contributed by atoms with Crippen molar-refractivity contribution in [2.75, 3.05) is 154 Å². The Morgan fingerprint density at radius 3 is 1.69 bits per heavy atom. The fourth-order valence-electron chi connectivity index (χ4n) is 10.7. The third-order valence-corrected chi connectivity index (χ3v) is 16.7. The Labute approximate surface area is 597 Å². The van der Waals surface area contributed by atoms with E-state index in [0.29, 0.717) is 144 Å². The monoisotopic (exact) mass is 1510 g/mol. The number of aliphatic hydroxyl groups excluding tert-OH is 1. The Bertz CT molecular complexity index is 3310. The van der Waals surface area contributed by atoms with E-state index in [1.165, 1.54) is 38.2 Å². The zero-order chi connectivity index (χ0) is 72.1. The van der Waals surface area contributed by atoms with Crippen LogP contribution in [0.2, 0.25) is 0 Å². The van der Waals surface area contributed by atoms with E-state index in [2.05, 4.69) is 26.3 Å². The molecule has 7 rings (SSSR count). The standard InChI is InChI=1S/C70H97IN8O21/c1-45(2)63(76-61(80)14-16-90-18-20-92-22-24-94-26-28-96-30-31-97-29-27-95-25-23-93-21-19-91-17-15-72-62(81)38-71)65(83)74-48(5)64(82)75-50-12-10-49(11-13-50)42-98-69(87)79-55-37-60(58(89-9)35-53(55)67(85)78-41-47(4)33-56(78)68(79)86)100-44-70(6,7)43-99-59-36-54-52(34-57(59)88-8)66(84)77-40-46(3)32-51(77)39-73-54/h10-13,34-37,39-41,45,48,51,56,63,68,86H,14-33,38,42-44H2,1-9H3,(H,72,81)(H,74,83)(H,75,82)(H,76,80)/t48-,51-,56-,63-,68-/m0/s1. The molecule has 0 unspecified atom stereocenters. The van der Waals surface area contributed by atoms with Crippen LogP contribution in [0, 0.1) is 11.3 Å². The van der Waals surface area contributed by atoms with Crippen LogP contribution in [-0.4, -0.2) is 237 Å². The lowest BCUT2D eigenvalue weighted by atomic mass is 9.96.